The number of halogens is 1. The van der Waals surface area contributed by atoms with Gasteiger partial charge in [0.1, 0.15) is 11.6 Å². The lowest BCUT2D eigenvalue weighted by atomic mass is 10.0. The van der Waals surface area contributed by atoms with E-state index in [0.29, 0.717) is 18.3 Å². The number of esters is 1. The van der Waals surface area contributed by atoms with Crippen LogP contribution in [-0.4, -0.2) is 47.1 Å². The fourth-order valence-corrected chi connectivity index (χ4v) is 2.56. The van der Waals surface area contributed by atoms with Crippen molar-refractivity contribution in [1.82, 2.24) is 4.90 Å². The third-order valence-corrected chi connectivity index (χ3v) is 3.51. The Morgan fingerprint density at radius 2 is 1.83 bits per heavy atom. The summed E-state index contributed by atoms with van der Waals surface area (Å²) in [5, 5.41) is 0.539. The van der Waals surface area contributed by atoms with E-state index in [1.54, 1.807) is 27.7 Å². The number of amides is 1. The highest BCUT2D eigenvalue weighted by molar-refractivity contribution is 9.09. The zero-order chi connectivity index (χ0) is 18.2. The van der Waals surface area contributed by atoms with Gasteiger partial charge in [0.2, 0.25) is 0 Å². The number of carbonyl (C=O) groups excluding carboxylic acids is 2. The van der Waals surface area contributed by atoms with Crippen molar-refractivity contribution < 1.29 is 19.1 Å². The Morgan fingerprint density at radius 3 is 2.33 bits per heavy atom. The third-order valence-electron chi connectivity index (χ3n) is 3.16. The van der Waals surface area contributed by atoms with Gasteiger partial charge in [-0.05, 0) is 33.3 Å². The van der Waals surface area contributed by atoms with Crippen LogP contribution in [0, 0.1) is 0 Å². The normalized spacial score (nSPS) is 12.4. The summed E-state index contributed by atoms with van der Waals surface area (Å²) >= 11 is 3.34. The Balaban J connectivity index is 3.05. The molecule has 0 N–H and O–H groups in total. The predicted molar refractivity (Wildman–Crippen MR) is 97.3 cm³/mol. The van der Waals surface area contributed by atoms with Gasteiger partial charge in [0.15, 0.2) is 0 Å². The van der Waals surface area contributed by atoms with Crippen molar-refractivity contribution in [2.75, 3.05) is 18.5 Å². The van der Waals surface area contributed by atoms with Crippen molar-refractivity contribution in [3.05, 3.63) is 35.9 Å². The molecule has 0 bridgehead atoms. The summed E-state index contributed by atoms with van der Waals surface area (Å²) in [6.45, 7) is 7.76. The molecule has 24 heavy (non-hydrogen) atoms. The summed E-state index contributed by atoms with van der Waals surface area (Å²) in [5.41, 5.74) is 0.326. The number of ether oxygens (including phenoxy) is 2. The van der Waals surface area contributed by atoms with Gasteiger partial charge < -0.3 is 9.47 Å². The van der Waals surface area contributed by atoms with Gasteiger partial charge in [-0.2, -0.15) is 0 Å². The van der Waals surface area contributed by atoms with Crippen LogP contribution in [0.4, 0.5) is 4.79 Å². The molecule has 0 aliphatic carbocycles. The summed E-state index contributed by atoms with van der Waals surface area (Å²) in [5.74, 6) is -0.423. The minimum Gasteiger partial charge on any atom is -0.464 e. The van der Waals surface area contributed by atoms with E-state index in [9.17, 15) is 9.59 Å². The van der Waals surface area contributed by atoms with Crippen molar-refractivity contribution in [3.8, 4) is 0 Å². The van der Waals surface area contributed by atoms with E-state index in [1.807, 2.05) is 30.3 Å². The fourth-order valence-electron chi connectivity index (χ4n) is 2.18. The van der Waals surface area contributed by atoms with Gasteiger partial charge in [0.05, 0.1) is 6.61 Å². The molecule has 0 fully saturated rings. The van der Waals surface area contributed by atoms with E-state index in [4.69, 9.17) is 9.47 Å². The summed E-state index contributed by atoms with van der Waals surface area (Å²) in [7, 11) is 0. The summed E-state index contributed by atoms with van der Waals surface area (Å²) in [6, 6.07) is 8.84. The topological polar surface area (TPSA) is 55.8 Å². The zero-order valence-electron chi connectivity index (χ0n) is 14.8. The number of carbonyl (C=O) groups is 2. The first-order chi connectivity index (χ1) is 11.3. The molecule has 0 aromatic heterocycles. The smallest absolute Gasteiger partial charge is 0.411 e. The number of nitrogens with zero attached hydrogens (tertiary/aromatic N) is 1. The fraction of sp³-hybridized carbons (Fsp3) is 0.556. The van der Waals surface area contributed by atoms with Crippen molar-refractivity contribution in [3.63, 3.8) is 0 Å². The van der Waals surface area contributed by atoms with E-state index in [1.165, 1.54) is 4.90 Å². The lowest BCUT2D eigenvalue weighted by molar-refractivity contribution is -0.149. The lowest BCUT2D eigenvalue weighted by Gasteiger charge is -2.32. The van der Waals surface area contributed by atoms with Gasteiger partial charge in [-0.15, -0.1) is 0 Å². The van der Waals surface area contributed by atoms with Crippen LogP contribution in [0.3, 0.4) is 0 Å². The summed E-state index contributed by atoms with van der Waals surface area (Å²) in [6.07, 6.45) is -0.137. The van der Waals surface area contributed by atoms with Gasteiger partial charge in [0.25, 0.3) is 0 Å². The van der Waals surface area contributed by atoms with Crippen LogP contribution in [0.1, 0.15) is 33.3 Å². The average molecular weight is 400 g/mol. The van der Waals surface area contributed by atoms with E-state index in [-0.39, 0.29) is 6.61 Å². The van der Waals surface area contributed by atoms with Gasteiger partial charge in [0, 0.05) is 18.3 Å². The molecule has 1 rings (SSSR count). The molecule has 1 amide bonds. The maximum Gasteiger partial charge on any atom is 0.411 e. The number of hydrogen-bond donors (Lipinski definition) is 0. The summed E-state index contributed by atoms with van der Waals surface area (Å²) < 4.78 is 10.6. The monoisotopic (exact) mass is 399 g/mol. The largest absolute Gasteiger partial charge is 0.464 e. The maximum atomic E-state index is 12.6. The van der Waals surface area contributed by atoms with Gasteiger partial charge in [-0.25, -0.2) is 9.59 Å². The van der Waals surface area contributed by atoms with Crippen molar-refractivity contribution in [1.29, 1.82) is 0 Å². The number of rotatable bonds is 7. The number of hydrogen-bond acceptors (Lipinski definition) is 4. The first-order valence-corrected chi connectivity index (χ1v) is 9.16. The highest BCUT2D eigenvalue weighted by Gasteiger charge is 2.33. The lowest BCUT2D eigenvalue weighted by Crippen LogP contribution is -2.49. The molecule has 5 nitrogen and oxygen atoms in total. The number of benzene rings is 1. The standard InChI is InChI=1S/C18H26BrNO4/c1-5-23-16(21)15(13-14-9-7-6-8-10-14)20(12-11-19)17(22)24-18(2,3)4/h6-10,15H,5,11-13H2,1-4H3/t15-/m0/s1. The zero-order valence-corrected chi connectivity index (χ0v) is 16.3. The second-order valence-electron chi connectivity index (χ2n) is 6.32. The van der Waals surface area contributed by atoms with Crippen LogP contribution < -0.4 is 0 Å². The minimum atomic E-state index is -0.722. The van der Waals surface area contributed by atoms with Crippen LogP contribution in [0.25, 0.3) is 0 Å². The average Bonchev–Trinajstić information content (AvgIpc) is 2.50. The number of alkyl halides is 1. The molecule has 1 aromatic rings. The highest BCUT2D eigenvalue weighted by Crippen LogP contribution is 2.16. The van der Waals surface area contributed by atoms with Crippen LogP contribution in [0.15, 0.2) is 30.3 Å². The molecule has 0 spiro atoms. The first kappa shape index (κ1) is 20.5. The minimum absolute atomic E-state index is 0.264. The maximum absolute atomic E-state index is 12.6. The van der Waals surface area contributed by atoms with Gasteiger partial charge in [-0.1, -0.05) is 46.3 Å². The molecule has 0 aliphatic heterocycles. The van der Waals surface area contributed by atoms with E-state index >= 15 is 0 Å². The van der Waals surface area contributed by atoms with Crippen molar-refractivity contribution in [2.24, 2.45) is 0 Å². The molecule has 0 heterocycles. The Bertz CT molecular complexity index is 528. The first-order valence-electron chi connectivity index (χ1n) is 8.04. The molecule has 1 atom stereocenters. The summed E-state index contributed by atoms with van der Waals surface area (Å²) in [4.78, 5) is 26.4. The predicted octanol–water partition coefficient (Wildman–Crippen LogP) is 3.79. The molecule has 1 aromatic carbocycles. The molecule has 134 valence electrons. The molecular weight excluding hydrogens is 374 g/mol. The molecule has 0 aliphatic rings. The highest BCUT2D eigenvalue weighted by atomic mass is 79.9. The van der Waals surface area contributed by atoms with E-state index in [2.05, 4.69) is 15.9 Å². The van der Waals surface area contributed by atoms with Crippen LogP contribution in [-0.2, 0) is 20.7 Å². The molecule has 0 radical (unpaired) electrons. The Morgan fingerprint density at radius 1 is 1.21 bits per heavy atom. The third kappa shape index (κ3) is 6.91. The van der Waals surface area contributed by atoms with Crippen LogP contribution in [0.5, 0.6) is 0 Å². The Kier molecular flexibility index (Phi) is 8.25. The molecule has 0 unspecified atom stereocenters. The van der Waals surface area contributed by atoms with Crippen molar-refractivity contribution >= 4 is 28.0 Å². The second-order valence-corrected chi connectivity index (χ2v) is 7.11. The molecule has 0 saturated heterocycles. The van der Waals surface area contributed by atoms with E-state index in [0.717, 1.165) is 5.56 Å². The molecular formula is C18H26BrNO4. The van der Waals surface area contributed by atoms with Gasteiger partial charge >= 0.3 is 12.1 Å². The Hall–Kier alpha value is -1.56. The van der Waals surface area contributed by atoms with Crippen LogP contribution >= 0.6 is 15.9 Å². The Labute approximate surface area is 152 Å². The SMILES string of the molecule is CCOC(=O)[C@H](Cc1ccccc1)N(CCBr)C(=O)OC(C)(C)C. The molecule has 6 heteroatoms. The van der Waals surface area contributed by atoms with Crippen LogP contribution in [0.2, 0.25) is 0 Å². The molecule has 0 saturated carbocycles. The van der Waals surface area contributed by atoms with Crippen molar-refractivity contribution in [2.45, 2.75) is 45.8 Å². The second kappa shape index (κ2) is 9.67. The van der Waals surface area contributed by atoms with E-state index < -0.39 is 23.7 Å². The quantitative estimate of drug-likeness (QED) is 0.516. The van der Waals surface area contributed by atoms with Gasteiger partial charge in [-0.3, -0.25) is 4.90 Å².